The lowest BCUT2D eigenvalue weighted by molar-refractivity contribution is -0.385. The molecule has 18 heavy (non-hydrogen) atoms. The minimum Gasteiger partial charge on any atom is -0.453 e. The molecule has 2 rings (SSSR count). The van der Waals surface area contributed by atoms with Crippen LogP contribution in [0.2, 0.25) is 0 Å². The highest BCUT2D eigenvalue weighted by Gasteiger charge is 2.31. The van der Waals surface area contributed by atoms with Gasteiger partial charge in [-0.2, -0.15) is 0 Å². The van der Waals surface area contributed by atoms with Gasteiger partial charge in [0.2, 0.25) is 0 Å². The predicted octanol–water partition coefficient (Wildman–Crippen LogP) is 0.852. The first-order chi connectivity index (χ1) is 8.60. The number of hydrogen-bond donors (Lipinski definition) is 1. The normalized spacial score (nSPS) is 14.8. The number of aromatic nitrogens is 1. The summed E-state index contributed by atoms with van der Waals surface area (Å²) in [4.78, 5) is 26.5. The van der Waals surface area contributed by atoms with E-state index in [0.29, 0.717) is 18.9 Å². The maximum absolute atomic E-state index is 11.1. The number of carbonyl (C=O) groups excluding carboxylic acids is 1. The van der Waals surface area contributed by atoms with Crippen LogP contribution in [0, 0.1) is 10.1 Å². The maximum atomic E-state index is 11.1. The fourth-order valence-electron chi connectivity index (χ4n) is 1.64. The molecule has 1 aromatic heterocycles. The number of nitrogens with zero attached hydrogens (tertiary/aromatic N) is 3. The molecule has 0 radical (unpaired) electrons. The van der Waals surface area contributed by atoms with Crippen LogP contribution in [0.15, 0.2) is 18.3 Å². The molecular weight excluding hydrogens is 240 g/mol. The van der Waals surface area contributed by atoms with Crippen LogP contribution in [0.1, 0.15) is 0 Å². The molecule has 0 bridgehead atoms. The van der Waals surface area contributed by atoms with Crippen LogP contribution in [0.25, 0.3) is 0 Å². The third-order valence-corrected chi connectivity index (χ3v) is 2.63. The zero-order chi connectivity index (χ0) is 13.1. The Morgan fingerprint density at radius 3 is 2.83 bits per heavy atom. The molecule has 96 valence electrons. The standard InChI is InChI=1S/C10H12N4O4/c1-18-10(15)13-5-7(6-13)12-9-3-2-8(4-11-9)14(16)17/h2-4,7H,5-6H2,1H3,(H,11,12). The summed E-state index contributed by atoms with van der Waals surface area (Å²) in [7, 11) is 1.33. The molecule has 1 aliphatic heterocycles. The number of pyridine rings is 1. The van der Waals surface area contributed by atoms with E-state index in [-0.39, 0.29) is 17.8 Å². The van der Waals surface area contributed by atoms with Crippen molar-refractivity contribution in [3.05, 3.63) is 28.4 Å². The molecule has 1 N–H and O–H groups in total. The van der Waals surface area contributed by atoms with Crippen molar-refractivity contribution in [3.63, 3.8) is 0 Å². The highest BCUT2D eigenvalue weighted by molar-refractivity contribution is 5.69. The number of ether oxygens (including phenoxy) is 1. The summed E-state index contributed by atoms with van der Waals surface area (Å²) in [6.45, 7) is 1.07. The number of carbonyl (C=O) groups is 1. The van der Waals surface area contributed by atoms with Crippen molar-refractivity contribution in [1.29, 1.82) is 0 Å². The quantitative estimate of drug-likeness (QED) is 0.632. The van der Waals surface area contributed by atoms with Gasteiger partial charge in [0.1, 0.15) is 12.0 Å². The van der Waals surface area contributed by atoms with Gasteiger partial charge < -0.3 is 15.0 Å². The van der Waals surface area contributed by atoms with Crippen LogP contribution in [0.5, 0.6) is 0 Å². The Hall–Kier alpha value is -2.38. The van der Waals surface area contributed by atoms with Crippen molar-refractivity contribution in [2.24, 2.45) is 0 Å². The highest BCUT2D eigenvalue weighted by Crippen LogP contribution is 2.16. The van der Waals surface area contributed by atoms with E-state index in [4.69, 9.17) is 0 Å². The van der Waals surface area contributed by atoms with Crippen molar-refractivity contribution in [3.8, 4) is 0 Å². The van der Waals surface area contributed by atoms with E-state index in [1.807, 2.05) is 0 Å². The van der Waals surface area contributed by atoms with E-state index in [1.54, 1.807) is 11.0 Å². The van der Waals surface area contributed by atoms with Gasteiger partial charge in [-0.3, -0.25) is 10.1 Å². The Kier molecular flexibility index (Phi) is 3.26. The van der Waals surface area contributed by atoms with Gasteiger partial charge in [-0.05, 0) is 6.07 Å². The van der Waals surface area contributed by atoms with Gasteiger partial charge in [0, 0.05) is 19.2 Å². The van der Waals surface area contributed by atoms with Crippen molar-refractivity contribution < 1.29 is 14.5 Å². The number of rotatable bonds is 3. The lowest BCUT2D eigenvalue weighted by Gasteiger charge is -2.38. The number of methoxy groups -OCH3 is 1. The Labute approximate surface area is 103 Å². The molecule has 0 aromatic carbocycles. The Morgan fingerprint density at radius 2 is 2.33 bits per heavy atom. The Bertz CT molecular complexity index is 455. The second-order valence-corrected chi connectivity index (χ2v) is 3.88. The predicted molar refractivity (Wildman–Crippen MR) is 62.3 cm³/mol. The minimum absolute atomic E-state index is 0.0506. The molecule has 1 aromatic rings. The zero-order valence-electron chi connectivity index (χ0n) is 9.70. The molecule has 8 nitrogen and oxygen atoms in total. The molecule has 0 aliphatic carbocycles. The van der Waals surface area contributed by atoms with E-state index in [0.717, 1.165) is 0 Å². The van der Waals surface area contributed by atoms with Crippen molar-refractivity contribution >= 4 is 17.6 Å². The lowest BCUT2D eigenvalue weighted by Crippen LogP contribution is -2.57. The van der Waals surface area contributed by atoms with Gasteiger partial charge in [0.25, 0.3) is 5.69 Å². The molecule has 1 amide bonds. The van der Waals surface area contributed by atoms with Gasteiger partial charge in [-0.25, -0.2) is 9.78 Å². The zero-order valence-corrected chi connectivity index (χ0v) is 9.70. The second-order valence-electron chi connectivity index (χ2n) is 3.88. The first-order valence-electron chi connectivity index (χ1n) is 5.30. The van der Waals surface area contributed by atoms with Crippen LogP contribution in [-0.4, -0.2) is 47.1 Å². The molecule has 1 saturated heterocycles. The SMILES string of the molecule is COC(=O)N1CC(Nc2ccc([N+](=O)[O-])cn2)C1. The summed E-state index contributed by atoms with van der Waals surface area (Å²) < 4.78 is 4.56. The molecule has 8 heteroatoms. The van der Waals surface area contributed by atoms with Crippen molar-refractivity contribution in [2.45, 2.75) is 6.04 Å². The van der Waals surface area contributed by atoms with Crippen molar-refractivity contribution in [2.75, 3.05) is 25.5 Å². The van der Waals surface area contributed by atoms with Gasteiger partial charge in [0.15, 0.2) is 0 Å². The van der Waals surface area contributed by atoms with Crippen molar-refractivity contribution in [1.82, 2.24) is 9.88 Å². The summed E-state index contributed by atoms with van der Waals surface area (Å²) in [5.74, 6) is 0.551. The average molecular weight is 252 g/mol. The number of nitrogens with one attached hydrogen (secondary N) is 1. The summed E-state index contributed by atoms with van der Waals surface area (Å²) in [6, 6.07) is 3.02. The van der Waals surface area contributed by atoms with Gasteiger partial charge in [0.05, 0.1) is 18.1 Å². The molecule has 1 fully saturated rings. The van der Waals surface area contributed by atoms with Gasteiger partial charge >= 0.3 is 6.09 Å². The molecule has 1 aliphatic rings. The third-order valence-electron chi connectivity index (χ3n) is 2.63. The van der Waals surface area contributed by atoms with Crippen LogP contribution in [0.3, 0.4) is 0 Å². The van der Waals surface area contributed by atoms with E-state index >= 15 is 0 Å². The number of nitro groups is 1. The number of hydrogen-bond acceptors (Lipinski definition) is 6. The van der Waals surface area contributed by atoms with E-state index in [9.17, 15) is 14.9 Å². The van der Waals surface area contributed by atoms with Gasteiger partial charge in [-0.15, -0.1) is 0 Å². The molecular formula is C10H12N4O4. The number of amides is 1. The average Bonchev–Trinajstić information content (AvgIpc) is 2.33. The summed E-state index contributed by atoms with van der Waals surface area (Å²) >= 11 is 0. The monoisotopic (exact) mass is 252 g/mol. The Morgan fingerprint density at radius 1 is 1.61 bits per heavy atom. The fraction of sp³-hybridized carbons (Fsp3) is 0.400. The number of likely N-dealkylation sites (tertiary alicyclic amines) is 1. The lowest BCUT2D eigenvalue weighted by atomic mass is 10.1. The summed E-state index contributed by atoms with van der Waals surface area (Å²) in [6.07, 6.45) is 0.837. The molecule has 0 atom stereocenters. The molecule has 0 spiro atoms. The third kappa shape index (κ3) is 2.47. The summed E-state index contributed by atoms with van der Waals surface area (Å²) in [5, 5.41) is 13.5. The maximum Gasteiger partial charge on any atom is 0.409 e. The van der Waals surface area contributed by atoms with E-state index in [2.05, 4.69) is 15.0 Å². The molecule has 0 saturated carbocycles. The molecule has 2 heterocycles. The first kappa shape index (κ1) is 12.1. The van der Waals surface area contributed by atoms with Crippen LogP contribution in [-0.2, 0) is 4.74 Å². The Balaban J connectivity index is 1.85. The van der Waals surface area contributed by atoms with E-state index < -0.39 is 4.92 Å². The van der Waals surface area contributed by atoms with E-state index in [1.165, 1.54) is 19.4 Å². The van der Waals surface area contributed by atoms with Crippen LogP contribution >= 0.6 is 0 Å². The smallest absolute Gasteiger partial charge is 0.409 e. The minimum atomic E-state index is -0.501. The van der Waals surface area contributed by atoms with Crippen LogP contribution in [0.4, 0.5) is 16.3 Å². The number of anilines is 1. The first-order valence-corrected chi connectivity index (χ1v) is 5.30. The van der Waals surface area contributed by atoms with Crippen LogP contribution < -0.4 is 5.32 Å². The topological polar surface area (TPSA) is 97.6 Å². The highest BCUT2D eigenvalue weighted by atomic mass is 16.6. The summed E-state index contributed by atoms with van der Waals surface area (Å²) in [5.41, 5.74) is -0.0506. The fourth-order valence-corrected chi connectivity index (χ4v) is 1.64. The molecule has 0 unspecified atom stereocenters. The van der Waals surface area contributed by atoms with Gasteiger partial charge in [-0.1, -0.05) is 0 Å². The largest absolute Gasteiger partial charge is 0.453 e. The second kappa shape index (κ2) is 4.86.